The Morgan fingerprint density at radius 2 is 2.11 bits per heavy atom. The molecule has 0 bridgehead atoms. The number of benzene rings is 1. The number of nitrogens with two attached hydrogens (primary N) is 1. The van der Waals surface area contributed by atoms with Crippen molar-refractivity contribution in [2.24, 2.45) is 0 Å². The molecule has 2 N–H and O–H groups in total. The van der Waals surface area contributed by atoms with Gasteiger partial charge in [0, 0.05) is 18.3 Å². The van der Waals surface area contributed by atoms with Gasteiger partial charge in [-0.1, -0.05) is 18.2 Å². The van der Waals surface area contributed by atoms with Crippen molar-refractivity contribution in [3.8, 4) is 0 Å². The van der Waals surface area contributed by atoms with E-state index in [-0.39, 0.29) is 17.9 Å². The molecule has 0 saturated carbocycles. The summed E-state index contributed by atoms with van der Waals surface area (Å²) in [6.45, 7) is 10.2. The highest BCUT2D eigenvalue weighted by Crippen LogP contribution is 2.21. The first-order chi connectivity index (χ1) is 8.47. The van der Waals surface area contributed by atoms with Crippen molar-refractivity contribution in [1.82, 2.24) is 4.90 Å². The lowest BCUT2D eigenvalue weighted by Crippen LogP contribution is -2.39. The van der Waals surface area contributed by atoms with Gasteiger partial charge in [-0.15, -0.1) is 6.58 Å². The summed E-state index contributed by atoms with van der Waals surface area (Å²) in [7, 11) is 0. The van der Waals surface area contributed by atoms with E-state index in [4.69, 9.17) is 5.73 Å². The lowest BCUT2D eigenvalue weighted by atomic mass is 9.98. The van der Waals surface area contributed by atoms with Crippen LogP contribution in [0, 0.1) is 0 Å². The molecule has 3 heteroatoms. The van der Waals surface area contributed by atoms with Crippen LogP contribution in [0.5, 0.6) is 0 Å². The summed E-state index contributed by atoms with van der Waals surface area (Å²) in [5, 5.41) is 0. The van der Waals surface area contributed by atoms with Gasteiger partial charge in [-0.25, -0.2) is 0 Å². The molecule has 0 fully saturated rings. The van der Waals surface area contributed by atoms with Crippen LogP contribution in [0.3, 0.4) is 0 Å². The Bertz CT molecular complexity index is 426. The maximum atomic E-state index is 12.4. The Balaban J connectivity index is 2.91. The normalized spacial score (nSPS) is 12.2. The molecule has 18 heavy (non-hydrogen) atoms. The summed E-state index contributed by atoms with van der Waals surface area (Å²) in [4.78, 5) is 14.2. The van der Waals surface area contributed by atoms with Crippen LogP contribution < -0.4 is 5.73 Å². The predicted molar refractivity (Wildman–Crippen MR) is 76.3 cm³/mol. The Morgan fingerprint density at radius 1 is 1.44 bits per heavy atom. The summed E-state index contributed by atoms with van der Waals surface area (Å²) < 4.78 is 0. The second-order valence-electron chi connectivity index (χ2n) is 4.76. The SMILES string of the molecule is C=CCN(C(=O)C(C)c1cccc(N)c1)C(C)C. The summed E-state index contributed by atoms with van der Waals surface area (Å²) >= 11 is 0. The molecule has 1 atom stereocenters. The van der Waals surface area contributed by atoms with Crippen molar-refractivity contribution >= 4 is 11.6 Å². The Hall–Kier alpha value is -1.77. The lowest BCUT2D eigenvalue weighted by molar-refractivity contribution is -0.133. The minimum Gasteiger partial charge on any atom is -0.399 e. The lowest BCUT2D eigenvalue weighted by Gasteiger charge is -2.28. The van der Waals surface area contributed by atoms with Crippen molar-refractivity contribution in [3.63, 3.8) is 0 Å². The molecule has 0 aromatic heterocycles. The van der Waals surface area contributed by atoms with Crippen LogP contribution in [0.15, 0.2) is 36.9 Å². The number of nitrogens with zero attached hydrogens (tertiary/aromatic N) is 1. The molecule has 1 aromatic rings. The van der Waals surface area contributed by atoms with Gasteiger partial charge >= 0.3 is 0 Å². The topological polar surface area (TPSA) is 46.3 Å². The number of hydrogen-bond donors (Lipinski definition) is 1. The quantitative estimate of drug-likeness (QED) is 0.641. The molecule has 0 saturated heterocycles. The maximum absolute atomic E-state index is 12.4. The minimum atomic E-state index is -0.184. The first kappa shape index (κ1) is 14.3. The molecule has 0 heterocycles. The molecule has 1 unspecified atom stereocenters. The Morgan fingerprint density at radius 3 is 2.61 bits per heavy atom. The molecule has 0 spiro atoms. The molecular weight excluding hydrogens is 224 g/mol. The highest BCUT2D eigenvalue weighted by Gasteiger charge is 2.23. The fourth-order valence-corrected chi connectivity index (χ4v) is 1.91. The molecule has 0 aliphatic carbocycles. The molecule has 0 aliphatic rings. The minimum absolute atomic E-state index is 0.107. The van der Waals surface area contributed by atoms with Crippen LogP contribution in [0.2, 0.25) is 0 Å². The second-order valence-corrected chi connectivity index (χ2v) is 4.76. The first-order valence-corrected chi connectivity index (χ1v) is 6.24. The van der Waals surface area contributed by atoms with Crippen molar-refractivity contribution in [1.29, 1.82) is 0 Å². The second kappa shape index (κ2) is 6.24. The summed E-state index contributed by atoms with van der Waals surface area (Å²) in [5.41, 5.74) is 7.39. The van der Waals surface area contributed by atoms with Crippen LogP contribution in [0.1, 0.15) is 32.3 Å². The van der Waals surface area contributed by atoms with Crippen LogP contribution in [0.25, 0.3) is 0 Å². The molecule has 1 aromatic carbocycles. The molecule has 0 aliphatic heterocycles. The van der Waals surface area contributed by atoms with E-state index >= 15 is 0 Å². The van der Waals surface area contributed by atoms with E-state index in [9.17, 15) is 4.79 Å². The third-order valence-electron chi connectivity index (χ3n) is 3.01. The number of nitrogen functional groups attached to an aromatic ring is 1. The fourth-order valence-electron chi connectivity index (χ4n) is 1.91. The van der Waals surface area contributed by atoms with E-state index in [1.165, 1.54) is 0 Å². The van der Waals surface area contributed by atoms with Crippen molar-refractivity contribution in [3.05, 3.63) is 42.5 Å². The van der Waals surface area contributed by atoms with Gasteiger partial charge in [-0.2, -0.15) is 0 Å². The van der Waals surface area contributed by atoms with E-state index in [0.29, 0.717) is 12.2 Å². The number of rotatable bonds is 5. The van der Waals surface area contributed by atoms with E-state index in [1.54, 1.807) is 6.08 Å². The maximum Gasteiger partial charge on any atom is 0.230 e. The zero-order valence-electron chi connectivity index (χ0n) is 11.4. The molecule has 1 rings (SSSR count). The van der Waals surface area contributed by atoms with Gasteiger partial charge < -0.3 is 10.6 Å². The Kier molecular flexibility index (Phi) is 4.95. The van der Waals surface area contributed by atoms with Crippen LogP contribution in [0.4, 0.5) is 5.69 Å². The van der Waals surface area contributed by atoms with E-state index in [2.05, 4.69) is 6.58 Å². The van der Waals surface area contributed by atoms with Gasteiger partial charge in [0.2, 0.25) is 5.91 Å². The molecule has 0 radical (unpaired) electrons. The van der Waals surface area contributed by atoms with Gasteiger partial charge in [-0.3, -0.25) is 4.79 Å². The zero-order valence-corrected chi connectivity index (χ0v) is 11.4. The summed E-state index contributed by atoms with van der Waals surface area (Å²) in [6.07, 6.45) is 1.75. The predicted octanol–water partition coefficient (Wildman–Crippen LogP) is 2.80. The third-order valence-corrected chi connectivity index (χ3v) is 3.01. The van der Waals surface area contributed by atoms with Crippen LogP contribution >= 0.6 is 0 Å². The van der Waals surface area contributed by atoms with Crippen molar-refractivity contribution in [2.45, 2.75) is 32.7 Å². The summed E-state index contributed by atoms with van der Waals surface area (Å²) in [6, 6.07) is 7.66. The van der Waals surface area contributed by atoms with Crippen LogP contribution in [-0.2, 0) is 4.79 Å². The average Bonchev–Trinajstić information content (AvgIpc) is 2.33. The number of anilines is 1. The van der Waals surface area contributed by atoms with Crippen molar-refractivity contribution in [2.75, 3.05) is 12.3 Å². The third kappa shape index (κ3) is 3.36. The fraction of sp³-hybridized carbons (Fsp3) is 0.400. The molecular formula is C15H22N2O. The zero-order chi connectivity index (χ0) is 13.7. The monoisotopic (exact) mass is 246 g/mol. The number of carbonyl (C=O) groups excluding carboxylic acids is 1. The van der Waals surface area contributed by atoms with Crippen molar-refractivity contribution < 1.29 is 4.79 Å². The Labute approximate surface area is 109 Å². The molecule has 1 amide bonds. The highest BCUT2D eigenvalue weighted by molar-refractivity contribution is 5.84. The van der Waals surface area contributed by atoms with Gasteiger partial charge in [0.15, 0.2) is 0 Å². The van der Waals surface area contributed by atoms with E-state index in [1.807, 2.05) is 49.9 Å². The number of hydrogen-bond acceptors (Lipinski definition) is 2. The highest BCUT2D eigenvalue weighted by atomic mass is 16.2. The first-order valence-electron chi connectivity index (χ1n) is 6.24. The van der Waals surface area contributed by atoms with Gasteiger partial charge in [0.05, 0.1) is 5.92 Å². The van der Waals surface area contributed by atoms with E-state index in [0.717, 1.165) is 5.56 Å². The summed E-state index contributed by atoms with van der Waals surface area (Å²) in [5.74, 6) is -0.0775. The number of amides is 1. The number of carbonyl (C=O) groups is 1. The van der Waals surface area contributed by atoms with Gasteiger partial charge in [0.25, 0.3) is 0 Å². The van der Waals surface area contributed by atoms with Gasteiger partial charge in [0.1, 0.15) is 0 Å². The molecule has 3 nitrogen and oxygen atoms in total. The van der Waals surface area contributed by atoms with Gasteiger partial charge in [-0.05, 0) is 38.5 Å². The van der Waals surface area contributed by atoms with E-state index < -0.39 is 0 Å². The average molecular weight is 246 g/mol. The van der Waals surface area contributed by atoms with Crippen LogP contribution in [-0.4, -0.2) is 23.4 Å². The largest absolute Gasteiger partial charge is 0.399 e. The standard InChI is InChI=1S/C15H22N2O/c1-5-9-17(11(2)3)15(18)12(4)13-7-6-8-14(16)10-13/h5-8,10-12H,1,9,16H2,2-4H3. The molecule has 98 valence electrons. The smallest absolute Gasteiger partial charge is 0.230 e.